The number of azide groups is 1. The Labute approximate surface area is 229 Å². The number of Topliss-reactive ketones (excluding diaryl/α,β-unsaturated/α-hetero) is 1. The number of ether oxygens (including phenoxy) is 1. The predicted molar refractivity (Wildman–Crippen MR) is 144 cm³/mol. The number of carbonyl (C=O) groups excluding carboxylic acids is 3. The summed E-state index contributed by atoms with van der Waals surface area (Å²) in [7, 11) is 0. The molecule has 39 heavy (non-hydrogen) atoms. The summed E-state index contributed by atoms with van der Waals surface area (Å²) in [6.07, 6.45) is 9.45. The quantitative estimate of drug-likeness (QED) is 0.325. The zero-order valence-corrected chi connectivity index (χ0v) is 22.4. The molecule has 3 aliphatic heterocycles. The number of piperidine rings is 1. The first kappa shape index (κ1) is 26.3. The summed E-state index contributed by atoms with van der Waals surface area (Å²) in [5.74, 6) is -0.215. The third-order valence-corrected chi connectivity index (χ3v) is 9.83. The van der Waals surface area contributed by atoms with Crippen LogP contribution >= 0.6 is 0 Å². The van der Waals surface area contributed by atoms with Gasteiger partial charge in [0.25, 0.3) is 5.91 Å². The molecule has 208 valence electrons. The molecule has 0 radical (unpaired) electrons. The highest BCUT2D eigenvalue weighted by Gasteiger charge is 2.53. The third kappa shape index (κ3) is 5.17. The number of hydrogen-bond acceptors (Lipinski definition) is 6. The van der Waals surface area contributed by atoms with Crippen LogP contribution in [0.4, 0.5) is 0 Å². The lowest BCUT2D eigenvalue weighted by molar-refractivity contribution is -0.139. The molecule has 10 nitrogen and oxygen atoms in total. The SMILES string of the molecule is [N-]=[N+]=N[C@@H]1CN(C(=O)[C@@H](NC(=O)c2ccc(C3CCN(C4CCC4)CC3)cc2)C2CCCC2)[C@@H]2C(=O)CO[C@@H]21. The van der Waals surface area contributed by atoms with E-state index in [0.29, 0.717) is 11.5 Å². The van der Waals surface area contributed by atoms with Gasteiger partial charge in [0.1, 0.15) is 18.7 Å². The van der Waals surface area contributed by atoms with Gasteiger partial charge in [-0.25, -0.2) is 0 Å². The van der Waals surface area contributed by atoms with Crippen LogP contribution in [0.1, 0.15) is 79.6 Å². The van der Waals surface area contributed by atoms with Crippen molar-refractivity contribution in [3.8, 4) is 0 Å². The van der Waals surface area contributed by atoms with Gasteiger partial charge >= 0.3 is 0 Å². The van der Waals surface area contributed by atoms with Gasteiger partial charge in [-0.3, -0.25) is 14.4 Å². The van der Waals surface area contributed by atoms with Crippen LogP contribution in [0.5, 0.6) is 0 Å². The van der Waals surface area contributed by atoms with Gasteiger partial charge in [0.2, 0.25) is 5.91 Å². The average Bonchev–Trinajstić information content (AvgIpc) is 3.67. The Kier molecular flexibility index (Phi) is 7.60. The van der Waals surface area contributed by atoms with Gasteiger partial charge in [0.05, 0.1) is 12.1 Å². The molecule has 0 unspecified atom stereocenters. The molecule has 0 bridgehead atoms. The normalized spacial score (nSPS) is 29.1. The molecule has 6 rings (SSSR count). The van der Waals surface area contributed by atoms with Gasteiger partial charge in [-0.05, 0) is 86.7 Å². The highest BCUT2D eigenvalue weighted by atomic mass is 16.5. The molecule has 1 aromatic carbocycles. The molecular weight excluding hydrogens is 496 g/mol. The first-order valence-corrected chi connectivity index (χ1v) is 14.7. The van der Waals surface area contributed by atoms with Crippen LogP contribution in [-0.2, 0) is 14.3 Å². The number of nitrogens with one attached hydrogen (secondary N) is 1. The van der Waals surface area contributed by atoms with Crippen LogP contribution in [0, 0.1) is 5.92 Å². The highest BCUT2D eigenvalue weighted by Crippen LogP contribution is 2.35. The molecule has 1 N–H and O–H groups in total. The minimum atomic E-state index is -0.760. The van der Waals surface area contributed by atoms with E-state index in [1.54, 1.807) is 0 Å². The number of carbonyl (C=O) groups is 3. The summed E-state index contributed by atoms with van der Waals surface area (Å²) in [4.78, 5) is 46.9. The number of ketones is 1. The standard InChI is InChI=1S/C29H38N6O4/c30-33-32-23-16-35(26-24(36)17-39-27(23)26)29(38)25(20-4-1-2-5-20)31-28(37)21-10-8-18(9-11-21)19-12-14-34(15-13-19)22-6-3-7-22/h8-11,19-20,22-23,25-27H,1-7,12-17H2,(H,31,37)/t23-,25+,26-,27-/m1/s1. The number of fused-ring (bicyclic) bond motifs is 1. The monoisotopic (exact) mass is 534 g/mol. The largest absolute Gasteiger partial charge is 0.367 e. The van der Waals surface area contributed by atoms with Crippen molar-refractivity contribution in [3.05, 3.63) is 45.8 Å². The van der Waals surface area contributed by atoms with Gasteiger partial charge in [0, 0.05) is 23.1 Å². The molecule has 2 aliphatic carbocycles. The van der Waals surface area contributed by atoms with Crippen LogP contribution in [-0.4, -0.2) is 83.9 Å². The van der Waals surface area contributed by atoms with E-state index in [1.807, 2.05) is 12.1 Å². The Balaban J connectivity index is 1.13. The van der Waals surface area contributed by atoms with E-state index in [0.717, 1.165) is 57.7 Å². The maximum Gasteiger partial charge on any atom is 0.251 e. The van der Waals surface area contributed by atoms with E-state index >= 15 is 0 Å². The molecule has 10 heteroatoms. The summed E-state index contributed by atoms with van der Waals surface area (Å²) < 4.78 is 5.58. The number of benzene rings is 1. The summed E-state index contributed by atoms with van der Waals surface area (Å²) in [5, 5.41) is 6.82. The van der Waals surface area contributed by atoms with E-state index in [2.05, 4.69) is 32.4 Å². The van der Waals surface area contributed by atoms with Crippen LogP contribution in [0.25, 0.3) is 10.4 Å². The van der Waals surface area contributed by atoms with Crippen molar-refractivity contribution in [1.29, 1.82) is 0 Å². The van der Waals surface area contributed by atoms with E-state index in [-0.39, 0.29) is 36.7 Å². The van der Waals surface area contributed by atoms with Crippen molar-refractivity contribution < 1.29 is 19.1 Å². The molecular formula is C29H38N6O4. The second-order valence-corrected chi connectivity index (χ2v) is 12.0. The Hall–Kier alpha value is -2.94. The van der Waals surface area contributed by atoms with Crippen molar-refractivity contribution >= 4 is 17.6 Å². The zero-order valence-electron chi connectivity index (χ0n) is 22.4. The van der Waals surface area contributed by atoms with Crippen LogP contribution in [0.15, 0.2) is 29.4 Å². The molecule has 3 heterocycles. The zero-order chi connectivity index (χ0) is 26.9. The molecule has 1 aromatic rings. The lowest BCUT2D eigenvalue weighted by atomic mass is 9.85. The van der Waals surface area contributed by atoms with E-state index in [9.17, 15) is 14.4 Å². The topological polar surface area (TPSA) is 128 Å². The Bertz CT molecular complexity index is 1130. The summed E-state index contributed by atoms with van der Waals surface area (Å²) in [6, 6.07) is 6.57. The van der Waals surface area contributed by atoms with Gasteiger partial charge in [-0.15, -0.1) is 0 Å². The fourth-order valence-corrected chi connectivity index (χ4v) is 7.36. The van der Waals surface area contributed by atoms with Crippen molar-refractivity contribution in [1.82, 2.24) is 15.1 Å². The summed E-state index contributed by atoms with van der Waals surface area (Å²) in [6.45, 7) is 2.32. The van der Waals surface area contributed by atoms with Crippen LogP contribution in [0.3, 0.4) is 0 Å². The van der Waals surface area contributed by atoms with Crippen molar-refractivity contribution in [3.63, 3.8) is 0 Å². The average molecular weight is 535 g/mol. The van der Waals surface area contributed by atoms with Crippen LogP contribution in [0.2, 0.25) is 0 Å². The number of amides is 2. The predicted octanol–water partition coefficient (Wildman–Crippen LogP) is 3.56. The van der Waals surface area contributed by atoms with E-state index < -0.39 is 24.2 Å². The fourth-order valence-electron chi connectivity index (χ4n) is 7.36. The second-order valence-electron chi connectivity index (χ2n) is 12.0. The molecule has 0 spiro atoms. The lowest BCUT2D eigenvalue weighted by Crippen LogP contribution is -2.54. The molecule has 2 amide bonds. The maximum absolute atomic E-state index is 13.9. The number of nitrogens with zero attached hydrogens (tertiary/aromatic N) is 5. The van der Waals surface area contributed by atoms with Gasteiger partial charge in [-0.2, -0.15) is 0 Å². The van der Waals surface area contributed by atoms with Crippen molar-refractivity contribution in [2.75, 3.05) is 26.2 Å². The first-order valence-electron chi connectivity index (χ1n) is 14.7. The first-order chi connectivity index (χ1) is 19.0. The van der Waals surface area contributed by atoms with Gasteiger partial charge in [0.15, 0.2) is 5.78 Å². The lowest BCUT2D eigenvalue weighted by Gasteiger charge is -2.42. The van der Waals surface area contributed by atoms with Gasteiger partial charge < -0.3 is 19.9 Å². The van der Waals surface area contributed by atoms with Crippen molar-refractivity contribution in [2.45, 2.75) is 94.0 Å². The summed E-state index contributed by atoms with van der Waals surface area (Å²) in [5.41, 5.74) is 10.8. The van der Waals surface area contributed by atoms with Crippen molar-refractivity contribution in [2.24, 2.45) is 11.0 Å². The summed E-state index contributed by atoms with van der Waals surface area (Å²) >= 11 is 0. The minimum absolute atomic E-state index is 0.0102. The molecule has 3 saturated heterocycles. The Morgan fingerprint density at radius 1 is 1.03 bits per heavy atom. The second kappa shape index (κ2) is 11.3. The maximum atomic E-state index is 13.9. The highest BCUT2D eigenvalue weighted by molar-refractivity contribution is 5.99. The smallest absolute Gasteiger partial charge is 0.251 e. The molecule has 5 aliphatic rings. The number of hydrogen-bond donors (Lipinski definition) is 1. The van der Waals surface area contributed by atoms with Gasteiger partial charge in [-0.1, -0.05) is 36.5 Å². The Morgan fingerprint density at radius 3 is 2.38 bits per heavy atom. The fraction of sp³-hybridized carbons (Fsp3) is 0.690. The van der Waals surface area contributed by atoms with Crippen LogP contribution < -0.4 is 5.32 Å². The van der Waals surface area contributed by atoms with E-state index in [4.69, 9.17) is 10.3 Å². The molecule has 0 aromatic heterocycles. The third-order valence-electron chi connectivity index (χ3n) is 9.83. The molecule has 4 atom stereocenters. The number of rotatable bonds is 7. The Morgan fingerprint density at radius 2 is 1.74 bits per heavy atom. The molecule has 2 saturated carbocycles. The molecule has 5 fully saturated rings. The minimum Gasteiger partial charge on any atom is -0.367 e. The number of likely N-dealkylation sites (tertiary alicyclic amines) is 2. The van der Waals surface area contributed by atoms with E-state index in [1.165, 1.54) is 29.7 Å².